The van der Waals surface area contributed by atoms with E-state index in [0.717, 1.165) is 10.2 Å². The highest BCUT2D eigenvalue weighted by atomic mass is 79.9. The van der Waals surface area contributed by atoms with E-state index in [1.807, 2.05) is 47.3 Å². The number of rotatable bonds is 5. The van der Waals surface area contributed by atoms with Crippen molar-refractivity contribution in [2.45, 2.75) is 0 Å². The highest BCUT2D eigenvalue weighted by molar-refractivity contribution is 9.10. The Morgan fingerprint density at radius 1 is 1.37 bits per heavy atom. The van der Waals surface area contributed by atoms with Crippen LogP contribution in [0, 0.1) is 0 Å². The number of ether oxygens (including phenoxy) is 1. The second kappa shape index (κ2) is 6.54. The van der Waals surface area contributed by atoms with E-state index in [4.69, 9.17) is 4.74 Å². The number of benzene rings is 1. The SMILES string of the molecule is COCCNC(=O)c1cc(-n2cccc2)ccc1Br. The largest absolute Gasteiger partial charge is 0.383 e. The molecule has 0 aliphatic heterocycles. The van der Waals surface area contributed by atoms with Crippen molar-refractivity contribution >= 4 is 21.8 Å². The van der Waals surface area contributed by atoms with E-state index < -0.39 is 0 Å². The molecule has 0 radical (unpaired) electrons. The van der Waals surface area contributed by atoms with Gasteiger partial charge in [-0.05, 0) is 46.3 Å². The maximum atomic E-state index is 12.1. The summed E-state index contributed by atoms with van der Waals surface area (Å²) in [4.78, 5) is 12.1. The minimum Gasteiger partial charge on any atom is -0.383 e. The first-order valence-electron chi connectivity index (χ1n) is 5.92. The summed E-state index contributed by atoms with van der Waals surface area (Å²) >= 11 is 3.40. The Bertz CT molecular complexity index is 553. The zero-order valence-corrected chi connectivity index (χ0v) is 12.2. The van der Waals surface area contributed by atoms with Crippen LogP contribution in [0.1, 0.15) is 10.4 Å². The zero-order chi connectivity index (χ0) is 13.7. The molecule has 0 unspecified atom stereocenters. The fraction of sp³-hybridized carbons (Fsp3) is 0.214. The lowest BCUT2D eigenvalue weighted by Gasteiger charge is -2.09. The number of hydrogen-bond donors (Lipinski definition) is 1. The van der Waals surface area contributed by atoms with E-state index in [9.17, 15) is 4.79 Å². The molecule has 1 aromatic carbocycles. The van der Waals surface area contributed by atoms with Gasteiger partial charge in [0.2, 0.25) is 0 Å². The lowest BCUT2D eigenvalue weighted by Crippen LogP contribution is -2.27. The van der Waals surface area contributed by atoms with Crippen LogP contribution in [0.15, 0.2) is 47.2 Å². The van der Waals surface area contributed by atoms with Crippen LogP contribution in [0.2, 0.25) is 0 Å². The Morgan fingerprint density at radius 2 is 2.11 bits per heavy atom. The van der Waals surface area contributed by atoms with Crippen LogP contribution in [0.5, 0.6) is 0 Å². The molecule has 2 aromatic rings. The molecule has 0 atom stereocenters. The fourth-order valence-corrected chi connectivity index (χ4v) is 2.14. The summed E-state index contributed by atoms with van der Waals surface area (Å²) in [7, 11) is 1.61. The third kappa shape index (κ3) is 3.45. The number of amides is 1. The van der Waals surface area contributed by atoms with E-state index in [1.165, 1.54) is 0 Å². The second-order valence-electron chi connectivity index (χ2n) is 4.00. The Labute approximate surface area is 120 Å². The van der Waals surface area contributed by atoms with Crippen molar-refractivity contribution in [3.8, 4) is 5.69 Å². The van der Waals surface area contributed by atoms with Crippen LogP contribution >= 0.6 is 15.9 Å². The van der Waals surface area contributed by atoms with Crippen molar-refractivity contribution in [1.82, 2.24) is 9.88 Å². The predicted molar refractivity (Wildman–Crippen MR) is 77.7 cm³/mol. The van der Waals surface area contributed by atoms with Crippen LogP contribution < -0.4 is 5.32 Å². The van der Waals surface area contributed by atoms with Gasteiger partial charge in [-0.25, -0.2) is 0 Å². The molecule has 0 fully saturated rings. The van der Waals surface area contributed by atoms with Crippen LogP contribution in [0.3, 0.4) is 0 Å². The molecule has 4 nitrogen and oxygen atoms in total. The number of nitrogens with one attached hydrogen (secondary N) is 1. The van der Waals surface area contributed by atoms with Gasteiger partial charge in [0.1, 0.15) is 0 Å². The smallest absolute Gasteiger partial charge is 0.252 e. The maximum absolute atomic E-state index is 12.1. The highest BCUT2D eigenvalue weighted by Crippen LogP contribution is 2.20. The quantitative estimate of drug-likeness (QED) is 0.860. The topological polar surface area (TPSA) is 43.3 Å². The molecule has 0 spiro atoms. The fourth-order valence-electron chi connectivity index (χ4n) is 1.72. The first-order chi connectivity index (χ1) is 9.22. The number of carbonyl (C=O) groups is 1. The first kappa shape index (κ1) is 13.8. The molecular formula is C14H15BrN2O2. The Morgan fingerprint density at radius 3 is 2.79 bits per heavy atom. The molecule has 0 bridgehead atoms. The van der Waals surface area contributed by atoms with Crippen LogP contribution in [-0.2, 0) is 4.74 Å². The van der Waals surface area contributed by atoms with Gasteiger partial charge in [0.05, 0.1) is 12.2 Å². The van der Waals surface area contributed by atoms with Gasteiger partial charge in [0.25, 0.3) is 5.91 Å². The first-order valence-corrected chi connectivity index (χ1v) is 6.71. The molecule has 1 amide bonds. The van der Waals surface area contributed by atoms with Gasteiger partial charge in [-0.15, -0.1) is 0 Å². The monoisotopic (exact) mass is 322 g/mol. The summed E-state index contributed by atoms with van der Waals surface area (Å²) < 4.78 is 7.64. The van der Waals surface area contributed by atoms with Gasteiger partial charge in [0.15, 0.2) is 0 Å². The van der Waals surface area contributed by atoms with Crippen LogP contribution in [0.25, 0.3) is 5.69 Å². The minimum absolute atomic E-state index is 0.113. The Balaban J connectivity index is 2.20. The van der Waals surface area contributed by atoms with Gasteiger partial charge < -0.3 is 14.6 Å². The van der Waals surface area contributed by atoms with E-state index in [0.29, 0.717) is 18.7 Å². The van der Waals surface area contributed by atoms with Gasteiger partial charge in [-0.3, -0.25) is 4.79 Å². The van der Waals surface area contributed by atoms with E-state index in [2.05, 4.69) is 21.2 Å². The molecule has 0 aliphatic rings. The average molecular weight is 323 g/mol. The predicted octanol–water partition coefficient (Wildman–Crippen LogP) is 2.62. The molecule has 1 heterocycles. The third-order valence-corrected chi connectivity index (χ3v) is 3.38. The number of halogens is 1. The summed E-state index contributed by atoms with van der Waals surface area (Å²) in [5, 5.41) is 2.81. The number of carbonyl (C=O) groups excluding carboxylic acids is 1. The maximum Gasteiger partial charge on any atom is 0.252 e. The van der Waals surface area contributed by atoms with Gasteiger partial charge in [-0.2, -0.15) is 0 Å². The number of aromatic nitrogens is 1. The molecule has 1 N–H and O–H groups in total. The summed E-state index contributed by atoms with van der Waals surface area (Å²) in [6.45, 7) is 0.996. The van der Waals surface area contributed by atoms with Gasteiger partial charge in [-0.1, -0.05) is 0 Å². The number of nitrogens with zero attached hydrogens (tertiary/aromatic N) is 1. The van der Waals surface area contributed by atoms with Crippen molar-refractivity contribution in [3.05, 3.63) is 52.8 Å². The molecule has 1 aromatic heterocycles. The second-order valence-corrected chi connectivity index (χ2v) is 4.86. The molecule has 0 saturated heterocycles. The lowest BCUT2D eigenvalue weighted by atomic mass is 10.2. The summed E-state index contributed by atoms with van der Waals surface area (Å²) in [6, 6.07) is 9.57. The van der Waals surface area contributed by atoms with Crippen molar-refractivity contribution < 1.29 is 9.53 Å². The average Bonchev–Trinajstić information content (AvgIpc) is 2.93. The van der Waals surface area contributed by atoms with Crippen LogP contribution in [-0.4, -0.2) is 30.7 Å². The van der Waals surface area contributed by atoms with Crippen molar-refractivity contribution in [3.63, 3.8) is 0 Å². The zero-order valence-electron chi connectivity index (χ0n) is 10.6. The summed E-state index contributed by atoms with van der Waals surface area (Å²) in [6.07, 6.45) is 3.88. The van der Waals surface area contributed by atoms with Crippen molar-refractivity contribution in [2.24, 2.45) is 0 Å². The van der Waals surface area contributed by atoms with E-state index in [-0.39, 0.29) is 5.91 Å². The number of hydrogen-bond acceptors (Lipinski definition) is 2. The van der Waals surface area contributed by atoms with Gasteiger partial charge >= 0.3 is 0 Å². The van der Waals surface area contributed by atoms with Gasteiger partial charge in [0, 0.05) is 36.2 Å². The molecule has 5 heteroatoms. The molecule has 0 saturated carbocycles. The molecule has 19 heavy (non-hydrogen) atoms. The minimum atomic E-state index is -0.113. The Hall–Kier alpha value is -1.59. The van der Waals surface area contributed by atoms with E-state index in [1.54, 1.807) is 7.11 Å². The summed E-state index contributed by atoms with van der Waals surface area (Å²) in [5.41, 5.74) is 1.56. The highest BCUT2D eigenvalue weighted by Gasteiger charge is 2.10. The number of methoxy groups -OCH3 is 1. The lowest BCUT2D eigenvalue weighted by molar-refractivity contribution is 0.0936. The van der Waals surface area contributed by atoms with E-state index >= 15 is 0 Å². The Kier molecular flexibility index (Phi) is 4.76. The standard InChI is InChI=1S/C14H15BrN2O2/c1-19-9-6-16-14(18)12-10-11(4-5-13(12)15)17-7-2-3-8-17/h2-5,7-8,10H,6,9H2,1H3,(H,16,18). The molecular weight excluding hydrogens is 308 g/mol. The van der Waals surface area contributed by atoms with Crippen molar-refractivity contribution in [1.29, 1.82) is 0 Å². The third-order valence-electron chi connectivity index (χ3n) is 2.69. The molecule has 100 valence electrons. The molecule has 0 aliphatic carbocycles. The normalized spacial score (nSPS) is 10.4. The summed E-state index contributed by atoms with van der Waals surface area (Å²) in [5.74, 6) is -0.113. The molecule has 2 rings (SSSR count). The van der Waals surface area contributed by atoms with Crippen molar-refractivity contribution in [2.75, 3.05) is 20.3 Å². The van der Waals surface area contributed by atoms with Crippen LogP contribution in [0.4, 0.5) is 0 Å².